The highest BCUT2D eigenvalue weighted by Crippen LogP contribution is 2.18. The third-order valence-electron chi connectivity index (χ3n) is 2.98. The molecule has 0 aliphatic rings. The molecular formula is C14H21FN2O2. The van der Waals surface area contributed by atoms with Crippen LogP contribution in [0.5, 0.6) is 0 Å². The maximum atomic E-state index is 13.0. The molecule has 1 amide bonds. The monoisotopic (exact) mass is 268 g/mol. The Morgan fingerprint density at radius 3 is 2.53 bits per heavy atom. The SMILES string of the molecule is CCCC(O)(CCC)CNC(=O)c1cncc(F)c1. The zero-order chi connectivity index (χ0) is 14.3. The lowest BCUT2D eigenvalue weighted by Crippen LogP contribution is -2.42. The van der Waals surface area contributed by atoms with E-state index in [4.69, 9.17) is 0 Å². The quantitative estimate of drug-likeness (QED) is 0.797. The van der Waals surface area contributed by atoms with Crippen molar-refractivity contribution in [2.75, 3.05) is 6.54 Å². The minimum atomic E-state index is -0.889. The molecule has 1 rings (SSSR count). The lowest BCUT2D eigenvalue weighted by molar-refractivity contribution is 0.0213. The number of rotatable bonds is 7. The zero-order valence-corrected chi connectivity index (χ0v) is 11.4. The van der Waals surface area contributed by atoms with Crippen LogP contribution in [-0.2, 0) is 0 Å². The van der Waals surface area contributed by atoms with Crippen LogP contribution < -0.4 is 5.32 Å². The van der Waals surface area contributed by atoms with E-state index >= 15 is 0 Å². The Morgan fingerprint density at radius 1 is 1.37 bits per heavy atom. The average Bonchev–Trinajstić information content (AvgIpc) is 2.37. The highest BCUT2D eigenvalue weighted by Gasteiger charge is 2.25. The number of aromatic nitrogens is 1. The highest BCUT2D eigenvalue weighted by atomic mass is 19.1. The van der Waals surface area contributed by atoms with Crippen molar-refractivity contribution < 1.29 is 14.3 Å². The molecule has 0 atom stereocenters. The van der Waals surface area contributed by atoms with Gasteiger partial charge < -0.3 is 10.4 Å². The molecule has 0 saturated heterocycles. The van der Waals surface area contributed by atoms with E-state index in [2.05, 4.69) is 10.3 Å². The number of hydrogen-bond acceptors (Lipinski definition) is 3. The van der Waals surface area contributed by atoms with Gasteiger partial charge in [0, 0.05) is 12.7 Å². The third kappa shape index (κ3) is 4.95. The number of carbonyl (C=O) groups excluding carboxylic acids is 1. The van der Waals surface area contributed by atoms with Crippen molar-refractivity contribution in [2.45, 2.75) is 45.1 Å². The highest BCUT2D eigenvalue weighted by molar-refractivity contribution is 5.93. The van der Waals surface area contributed by atoms with Gasteiger partial charge in [0.25, 0.3) is 5.91 Å². The predicted molar refractivity (Wildman–Crippen MR) is 71.3 cm³/mol. The Labute approximate surface area is 113 Å². The van der Waals surface area contributed by atoms with E-state index < -0.39 is 17.3 Å². The van der Waals surface area contributed by atoms with Crippen LogP contribution in [0.15, 0.2) is 18.5 Å². The minimum absolute atomic E-state index is 0.162. The minimum Gasteiger partial charge on any atom is -0.388 e. The summed E-state index contributed by atoms with van der Waals surface area (Å²) in [6.45, 7) is 4.14. The molecule has 106 valence electrons. The summed E-state index contributed by atoms with van der Waals surface area (Å²) < 4.78 is 13.0. The molecule has 0 spiro atoms. The second-order valence-electron chi connectivity index (χ2n) is 4.80. The fourth-order valence-corrected chi connectivity index (χ4v) is 2.12. The molecule has 0 radical (unpaired) electrons. The molecule has 0 fully saturated rings. The van der Waals surface area contributed by atoms with Gasteiger partial charge in [-0.15, -0.1) is 0 Å². The van der Waals surface area contributed by atoms with E-state index in [-0.39, 0.29) is 12.1 Å². The zero-order valence-electron chi connectivity index (χ0n) is 11.4. The van der Waals surface area contributed by atoms with Crippen molar-refractivity contribution in [3.05, 3.63) is 29.8 Å². The number of amides is 1. The van der Waals surface area contributed by atoms with Crippen LogP contribution in [0, 0.1) is 5.82 Å². The van der Waals surface area contributed by atoms with Crippen LogP contribution in [0.3, 0.4) is 0 Å². The Hall–Kier alpha value is -1.49. The molecule has 4 nitrogen and oxygen atoms in total. The molecular weight excluding hydrogens is 247 g/mol. The Balaban J connectivity index is 2.61. The summed E-state index contributed by atoms with van der Waals surface area (Å²) in [5.74, 6) is -0.970. The van der Waals surface area contributed by atoms with E-state index in [1.165, 1.54) is 6.20 Å². The lowest BCUT2D eigenvalue weighted by atomic mass is 9.92. The number of halogens is 1. The molecule has 2 N–H and O–H groups in total. The van der Waals surface area contributed by atoms with Gasteiger partial charge in [-0.05, 0) is 18.9 Å². The molecule has 5 heteroatoms. The first-order valence-corrected chi connectivity index (χ1v) is 6.62. The van der Waals surface area contributed by atoms with E-state index in [1.54, 1.807) is 0 Å². The topological polar surface area (TPSA) is 62.2 Å². The first-order chi connectivity index (χ1) is 9.00. The van der Waals surface area contributed by atoms with Crippen LogP contribution in [0.1, 0.15) is 49.9 Å². The van der Waals surface area contributed by atoms with Crippen LogP contribution >= 0.6 is 0 Å². The summed E-state index contributed by atoms with van der Waals surface area (Å²) in [6.07, 6.45) is 5.28. The van der Waals surface area contributed by atoms with Gasteiger partial charge in [-0.1, -0.05) is 26.7 Å². The lowest BCUT2D eigenvalue weighted by Gasteiger charge is -2.27. The molecule has 1 aromatic rings. The Bertz CT molecular complexity index is 418. The van der Waals surface area contributed by atoms with E-state index in [1.807, 2.05) is 13.8 Å². The maximum absolute atomic E-state index is 13.0. The molecule has 0 saturated carbocycles. The molecule has 1 heterocycles. The van der Waals surface area contributed by atoms with E-state index in [0.29, 0.717) is 12.8 Å². The van der Waals surface area contributed by atoms with E-state index in [9.17, 15) is 14.3 Å². The van der Waals surface area contributed by atoms with Gasteiger partial charge in [0.05, 0.1) is 17.4 Å². The van der Waals surface area contributed by atoms with Crippen molar-refractivity contribution in [1.82, 2.24) is 10.3 Å². The molecule has 0 aliphatic heterocycles. The molecule has 0 aromatic carbocycles. The first kappa shape index (κ1) is 15.6. The largest absolute Gasteiger partial charge is 0.388 e. The summed E-state index contributed by atoms with van der Waals surface area (Å²) in [4.78, 5) is 15.4. The van der Waals surface area contributed by atoms with Gasteiger partial charge >= 0.3 is 0 Å². The van der Waals surface area contributed by atoms with Crippen LogP contribution in [0.25, 0.3) is 0 Å². The standard InChI is InChI=1S/C14H21FN2O2/c1-3-5-14(19,6-4-2)10-17-13(18)11-7-12(15)9-16-8-11/h7-9,19H,3-6,10H2,1-2H3,(H,17,18). The van der Waals surface area contributed by atoms with Crippen LogP contribution in [-0.4, -0.2) is 28.1 Å². The second kappa shape index (κ2) is 7.19. The van der Waals surface area contributed by atoms with Gasteiger partial charge in [-0.2, -0.15) is 0 Å². The third-order valence-corrected chi connectivity index (χ3v) is 2.98. The van der Waals surface area contributed by atoms with E-state index in [0.717, 1.165) is 25.1 Å². The Kier molecular flexibility index (Phi) is 5.89. The van der Waals surface area contributed by atoms with Crippen molar-refractivity contribution in [2.24, 2.45) is 0 Å². The van der Waals surface area contributed by atoms with Crippen LogP contribution in [0.2, 0.25) is 0 Å². The summed E-state index contributed by atoms with van der Waals surface area (Å²) >= 11 is 0. The fourth-order valence-electron chi connectivity index (χ4n) is 2.12. The smallest absolute Gasteiger partial charge is 0.253 e. The second-order valence-corrected chi connectivity index (χ2v) is 4.80. The average molecular weight is 268 g/mol. The number of carbonyl (C=O) groups is 1. The first-order valence-electron chi connectivity index (χ1n) is 6.62. The normalized spacial score (nSPS) is 11.4. The summed E-state index contributed by atoms with van der Waals surface area (Å²) in [5.41, 5.74) is -0.727. The number of nitrogens with zero attached hydrogens (tertiary/aromatic N) is 1. The van der Waals surface area contributed by atoms with Crippen molar-refractivity contribution in [1.29, 1.82) is 0 Å². The fraction of sp³-hybridized carbons (Fsp3) is 0.571. The van der Waals surface area contributed by atoms with Crippen LogP contribution in [0.4, 0.5) is 4.39 Å². The van der Waals surface area contributed by atoms with Gasteiger partial charge in [-0.3, -0.25) is 9.78 Å². The predicted octanol–water partition coefficient (Wildman–Crippen LogP) is 2.28. The number of pyridine rings is 1. The number of nitrogens with one attached hydrogen (secondary N) is 1. The van der Waals surface area contributed by atoms with Crippen molar-refractivity contribution in [3.8, 4) is 0 Å². The molecule has 0 aliphatic carbocycles. The summed E-state index contributed by atoms with van der Waals surface area (Å²) in [5, 5.41) is 13.0. The van der Waals surface area contributed by atoms with Crippen molar-refractivity contribution in [3.63, 3.8) is 0 Å². The molecule has 0 unspecified atom stereocenters. The number of hydrogen-bond donors (Lipinski definition) is 2. The summed E-state index contributed by atoms with van der Waals surface area (Å²) in [7, 11) is 0. The molecule has 1 aromatic heterocycles. The van der Waals surface area contributed by atoms with Crippen molar-refractivity contribution >= 4 is 5.91 Å². The van der Waals surface area contributed by atoms with Gasteiger partial charge in [0.15, 0.2) is 0 Å². The molecule has 0 bridgehead atoms. The summed E-state index contributed by atoms with van der Waals surface area (Å²) in [6, 6.07) is 1.13. The Morgan fingerprint density at radius 2 is 2.00 bits per heavy atom. The molecule has 19 heavy (non-hydrogen) atoms. The van der Waals surface area contributed by atoms with Gasteiger partial charge in [0.1, 0.15) is 5.82 Å². The van der Waals surface area contributed by atoms with Gasteiger partial charge in [-0.25, -0.2) is 4.39 Å². The van der Waals surface area contributed by atoms with Gasteiger partial charge in [0.2, 0.25) is 0 Å². The maximum Gasteiger partial charge on any atom is 0.253 e. The number of aliphatic hydroxyl groups is 1.